The molecule has 0 aliphatic heterocycles. The average molecular weight is 169 g/mol. The van der Waals surface area contributed by atoms with E-state index in [4.69, 9.17) is 0 Å². The second kappa shape index (κ2) is 3.80. The number of hydrogen-bond acceptors (Lipinski definition) is 3. The highest BCUT2D eigenvalue weighted by atomic mass is 19.1. The van der Waals surface area contributed by atoms with Gasteiger partial charge in [-0.1, -0.05) is 0 Å². The lowest BCUT2D eigenvalue weighted by Gasteiger charge is -1.99. The van der Waals surface area contributed by atoms with Crippen molar-refractivity contribution in [2.24, 2.45) is 0 Å². The Hall–Kier alpha value is -1.45. The molecule has 1 rings (SSSR count). The van der Waals surface area contributed by atoms with Crippen molar-refractivity contribution in [3.05, 3.63) is 29.8 Å². The van der Waals surface area contributed by atoms with E-state index in [2.05, 4.69) is 9.72 Å². The Morgan fingerprint density at radius 2 is 2.50 bits per heavy atom. The summed E-state index contributed by atoms with van der Waals surface area (Å²) in [6.07, 6.45) is 1.22. The molecule has 64 valence electrons. The van der Waals surface area contributed by atoms with Gasteiger partial charge >= 0.3 is 5.97 Å². The van der Waals surface area contributed by atoms with Crippen LogP contribution in [0.4, 0.5) is 4.39 Å². The van der Waals surface area contributed by atoms with Gasteiger partial charge in [0.25, 0.3) is 0 Å². The highest BCUT2D eigenvalue weighted by Gasteiger charge is 2.07. The van der Waals surface area contributed by atoms with Crippen LogP contribution >= 0.6 is 0 Å². The number of nitrogens with zero attached hydrogens (tertiary/aromatic N) is 1. The van der Waals surface area contributed by atoms with E-state index in [1.807, 2.05) is 0 Å². The van der Waals surface area contributed by atoms with E-state index >= 15 is 0 Å². The van der Waals surface area contributed by atoms with Crippen molar-refractivity contribution >= 4 is 5.97 Å². The van der Waals surface area contributed by atoms with E-state index in [9.17, 15) is 9.18 Å². The smallest absolute Gasteiger partial charge is 0.357 e. The molecule has 0 N–H and O–H groups in total. The van der Waals surface area contributed by atoms with Gasteiger partial charge in [0.15, 0.2) is 5.69 Å². The SMILES string of the molecule is CCOC(=O)c1cc(F)ccn1. The summed E-state index contributed by atoms with van der Waals surface area (Å²) in [6.45, 7) is 1.94. The van der Waals surface area contributed by atoms with Crippen LogP contribution in [0.3, 0.4) is 0 Å². The number of halogens is 1. The van der Waals surface area contributed by atoms with Crippen molar-refractivity contribution in [1.82, 2.24) is 4.98 Å². The number of hydrogen-bond donors (Lipinski definition) is 0. The Bertz CT molecular complexity index is 288. The molecule has 0 aliphatic rings. The Kier molecular flexibility index (Phi) is 2.74. The number of carbonyl (C=O) groups is 1. The zero-order chi connectivity index (χ0) is 8.97. The van der Waals surface area contributed by atoms with E-state index in [1.54, 1.807) is 6.92 Å². The summed E-state index contributed by atoms with van der Waals surface area (Å²) in [5, 5.41) is 0. The van der Waals surface area contributed by atoms with Gasteiger partial charge < -0.3 is 4.74 Å². The maximum absolute atomic E-state index is 12.5. The van der Waals surface area contributed by atoms with Gasteiger partial charge in [-0.15, -0.1) is 0 Å². The molecule has 0 atom stereocenters. The van der Waals surface area contributed by atoms with Crippen molar-refractivity contribution < 1.29 is 13.9 Å². The molecule has 1 aromatic rings. The Balaban J connectivity index is 2.81. The van der Waals surface area contributed by atoms with Gasteiger partial charge in [0.05, 0.1) is 6.61 Å². The first-order chi connectivity index (χ1) is 5.74. The molecule has 1 heterocycles. The minimum atomic E-state index is -0.600. The summed E-state index contributed by atoms with van der Waals surface area (Å²) < 4.78 is 17.1. The lowest BCUT2D eigenvalue weighted by Crippen LogP contribution is -2.06. The zero-order valence-electron chi connectivity index (χ0n) is 6.58. The predicted molar refractivity (Wildman–Crippen MR) is 40.2 cm³/mol. The lowest BCUT2D eigenvalue weighted by atomic mass is 10.3. The summed E-state index contributed by atoms with van der Waals surface area (Å²) in [6, 6.07) is 2.21. The van der Waals surface area contributed by atoms with Crippen molar-refractivity contribution in [2.45, 2.75) is 6.92 Å². The van der Waals surface area contributed by atoms with Crippen LogP contribution in [0.1, 0.15) is 17.4 Å². The molecule has 4 heteroatoms. The first kappa shape index (κ1) is 8.64. The van der Waals surface area contributed by atoms with Gasteiger partial charge in [-0.2, -0.15) is 0 Å². The second-order valence-electron chi connectivity index (χ2n) is 2.08. The van der Waals surface area contributed by atoms with E-state index in [-0.39, 0.29) is 12.3 Å². The molecular weight excluding hydrogens is 161 g/mol. The molecule has 1 aromatic heterocycles. The van der Waals surface area contributed by atoms with Crippen LogP contribution in [0.2, 0.25) is 0 Å². The molecule has 3 nitrogen and oxygen atoms in total. The van der Waals surface area contributed by atoms with Crippen molar-refractivity contribution in [3.63, 3.8) is 0 Å². The van der Waals surface area contributed by atoms with E-state index < -0.39 is 11.8 Å². The normalized spacial score (nSPS) is 9.50. The third-order valence-electron chi connectivity index (χ3n) is 1.21. The summed E-state index contributed by atoms with van der Waals surface area (Å²) in [7, 11) is 0. The lowest BCUT2D eigenvalue weighted by molar-refractivity contribution is 0.0519. The van der Waals surface area contributed by atoms with Crippen molar-refractivity contribution in [1.29, 1.82) is 0 Å². The maximum Gasteiger partial charge on any atom is 0.357 e. The molecule has 0 aromatic carbocycles. The number of pyridine rings is 1. The van der Waals surface area contributed by atoms with Gasteiger partial charge in [0, 0.05) is 12.3 Å². The van der Waals surface area contributed by atoms with Gasteiger partial charge in [-0.3, -0.25) is 0 Å². The number of carbonyl (C=O) groups excluding carboxylic acids is 1. The molecule has 0 fully saturated rings. The quantitative estimate of drug-likeness (QED) is 0.628. The van der Waals surface area contributed by atoms with Crippen LogP contribution in [-0.4, -0.2) is 17.6 Å². The zero-order valence-corrected chi connectivity index (χ0v) is 6.58. The topological polar surface area (TPSA) is 39.2 Å². The molecule has 0 saturated heterocycles. The number of ether oxygens (including phenoxy) is 1. The Morgan fingerprint density at radius 3 is 3.08 bits per heavy atom. The van der Waals surface area contributed by atoms with Gasteiger partial charge in [0.1, 0.15) is 5.82 Å². The molecular formula is C8H8FNO2. The van der Waals surface area contributed by atoms with Crippen LogP contribution in [0.5, 0.6) is 0 Å². The molecule has 0 radical (unpaired) electrons. The van der Waals surface area contributed by atoms with Crippen LogP contribution < -0.4 is 0 Å². The molecule has 12 heavy (non-hydrogen) atoms. The third kappa shape index (κ3) is 2.02. The van der Waals surface area contributed by atoms with Crippen LogP contribution in [-0.2, 0) is 4.74 Å². The van der Waals surface area contributed by atoms with Gasteiger partial charge in [-0.25, -0.2) is 14.2 Å². The minimum absolute atomic E-state index is 0.00292. The summed E-state index contributed by atoms with van der Waals surface area (Å²) in [4.78, 5) is 14.6. The Labute approximate surface area is 69.2 Å². The van der Waals surface area contributed by atoms with Crippen LogP contribution in [0.15, 0.2) is 18.3 Å². The monoisotopic (exact) mass is 169 g/mol. The van der Waals surface area contributed by atoms with Crippen LogP contribution in [0, 0.1) is 5.82 Å². The fourth-order valence-electron chi connectivity index (χ4n) is 0.721. The van der Waals surface area contributed by atoms with Gasteiger partial charge in [0.2, 0.25) is 0 Å². The first-order valence-electron chi connectivity index (χ1n) is 3.52. The van der Waals surface area contributed by atoms with E-state index in [0.717, 1.165) is 6.07 Å². The maximum atomic E-state index is 12.5. The van der Waals surface area contributed by atoms with E-state index in [1.165, 1.54) is 12.3 Å². The Morgan fingerprint density at radius 1 is 1.75 bits per heavy atom. The molecule has 0 bridgehead atoms. The second-order valence-corrected chi connectivity index (χ2v) is 2.08. The standard InChI is InChI=1S/C8H8FNO2/c1-2-12-8(11)7-5-6(9)3-4-10-7/h3-5H,2H2,1H3. The third-order valence-corrected chi connectivity index (χ3v) is 1.21. The molecule has 0 spiro atoms. The van der Waals surface area contributed by atoms with Crippen molar-refractivity contribution in [3.8, 4) is 0 Å². The summed E-state index contributed by atoms with van der Waals surface area (Å²) >= 11 is 0. The van der Waals surface area contributed by atoms with Crippen LogP contribution in [0.25, 0.3) is 0 Å². The molecule has 0 unspecified atom stereocenters. The fraction of sp³-hybridized carbons (Fsp3) is 0.250. The van der Waals surface area contributed by atoms with Crippen molar-refractivity contribution in [2.75, 3.05) is 6.61 Å². The number of rotatable bonds is 2. The molecule has 0 saturated carbocycles. The summed E-state index contributed by atoms with van der Waals surface area (Å²) in [5.41, 5.74) is -0.00292. The van der Waals surface area contributed by atoms with E-state index in [0.29, 0.717) is 0 Å². The number of esters is 1. The predicted octanol–water partition coefficient (Wildman–Crippen LogP) is 1.40. The van der Waals surface area contributed by atoms with Gasteiger partial charge in [-0.05, 0) is 13.0 Å². The summed E-state index contributed by atoms with van der Waals surface area (Å²) in [5.74, 6) is -1.09. The molecule has 0 aliphatic carbocycles. The molecule has 0 amide bonds. The first-order valence-corrected chi connectivity index (χ1v) is 3.52. The average Bonchev–Trinajstić information content (AvgIpc) is 2.05. The highest BCUT2D eigenvalue weighted by Crippen LogP contribution is 2.00. The largest absolute Gasteiger partial charge is 0.461 e. The minimum Gasteiger partial charge on any atom is -0.461 e. The number of aromatic nitrogens is 1. The highest BCUT2D eigenvalue weighted by molar-refractivity contribution is 5.87. The fourth-order valence-corrected chi connectivity index (χ4v) is 0.721.